The number of anilines is 1. The van der Waals surface area contributed by atoms with Gasteiger partial charge in [0.2, 0.25) is 11.7 Å². The third kappa shape index (κ3) is 2.90. The highest BCUT2D eigenvalue weighted by Crippen LogP contribution is 2.44. The molecule has 0 spiro atoms. The number of aryl methyl sites for hydroxylation is 1. The molecule has 35 heavy (non-hydrogen) atoms. The Bertz CT molecular complexity index is 1450. The van der Waals surface area contributed by atoms with Gasteiger partial charge in [-0.05, 0) is 26.2 Å². The molecule has 2 amide bonds. The van der Waals surface area contributed by atoms with Gasteiger partial charge in [0.25, 0.3) is 11.5 Å². The number of rotatable bonds is 3. The Morgan fingerprint density at radius 2 is 1.89 bits per heavy atom. The van der Waals surface area contributed by atoms with Gasteiger partial charge in [-0.1, -0.05) is 6.92 Å². The van der Waals surface area contributed by atoms with E-state index in [1.54, 1.807) is 16.4 Å². The zero-order valence-corrected chi connectivity index (χ0v) is 19.3. The molecule has 3 aliphatic rings. The molecule has 13 heteroatoms. The second-order valence-corrected chi connectivity index (χ2v) is 9.50. The third-order valence-electron chi connectivity index (χ3n) is 7.67. The Morgan fingerprint density at radius 1 is 1.11 bits per heavy atom. The van der Waals surface area contributed by atoms with Crippen LogP contribution in [0.4, 0.5) is 5.69 Å². The SMILES string of the molecule is Cc1ncnc(C(=O)N2CCN(c3c4n(c5ncnn5c3=O)C(C(N)=O)CC4C)[C@H]3CC[C@@H]32)c1O. The van der Waals surface area contributed by atoms with Gasteiger partial charge in [-0.25, -0.2) is 9.97 Å². The van der Waals surface area contributed by atoms with E-state index in [0.717, 1.165) is 18.5 Å². The van der Waals surface area contributed by atoms with E-state index in [0.29, 0.717) is 36.7 Å². The molecule has 2 unspecified atom stereocenters. The van der Waals surface area contributed by atoms with E-state index in [-0.39, 0.29) is 40.9 Å². The van der Waals surface area contributed by atoms with Crippen molar-refractivity contribution in [3.63, 3.8) is 0 Å². The Balaban J connectivity index is 1.41. The average molecular weight is 480 g/mol. The lowest BCUT2D eigenvalue weighted by atomic mass is 9.81. The fraction of sp³-hybridized carbons (Fsp3) is 0.500. The zero-order valence-electron chi connectivity index (χ0n) is 19.3. The predicted molar refractivity (Wildman–Crippen MR) is 122 cm³/mol. The predicted octanol–water partition coefficient (Wildman–Crippen LogP) is -0.278. The van der Waals surface area contributed by atoms with Crippen LogP contribution in [0.15, 0.2) is 17.4 Å². The molecule has 2 aliphatic heterocycles. The summed E-state index contributed by atoms with van der Waals surface area (Å²) in [5.41, 5.74) is 6.96. The summed E-state index contributed by atoms with van der Waals surface area (Å²) in [6, 6.07) is -0.841. The van der Waals surface area contributed by atoms with Gasteiger partial charge in [0.1, 0.15) is 24.4 Å². The van der Waals surface area contributed by atoms with Gasteiger partial charge in [-0.2, -0.15) is 14.6 Å². The van der Waals surface area contributed by atoms with E-state index in [1.807, 2.05) is 6.92 Å². The van der Waals surface area contributed by atoms with Gasteiger partial charge in [-0.3, -0.25) is 19.0 Å². The van der Waals surface area contributed by atoms with Gasteiger partial charge in [0.05, 0.1) is 17.4 Å². The van der Waals surface area contributed by atoms with Crippen LogP contribution < -0.4 is 16.2 Å². The molecule has 6 rings (SSSR count). The van der Waals surface area contributed by atoms with Crippen LogP contribution in [0.1, 0.15) is 60.0 Å². The van der Waals surface area contributed by atoms with Crippen LogP contribution in [0, 0.1) is 6.92 Å². The molecule has 1 saturated heterocycles. The van der Waals surface area contributed by atoms with Crippen molar-refractivity contribution >= 4 is 23.3 Å². The molecule has 0 aromatic carbocycles. The number of fused-ring (bicyclic) bond motifs is 4. The van der Waals surface area contributed by atoms with Crippen LogP contribution in [-0.2, 0) is 4.79 Å². The van der Waals surface area contributed by atoms with Gasteiger partial charge in [0, 0.05) is 25.0 Å². The van der Waals surface area contributed by atoms with Crippen molar-refractivity contribution in [2.75, 3.05) is 18.0 Å². The molecule has 4 atom stereocenters. The minimum Gasteiger partial charge on any atom is -0.504 e. The van der Waals surface area contributed by atoms with Crippen LogP contribution >= 0.6 is 0 Å². The minimum atomic E-state index is -0.616. The molecule has 182 valence electrons. The molecule has 0 radical (unpaired) electrons. The number of hydrogen-bond acceptors (Lipinski definition) is 9. The summed E-state index contributed by atoms with van der Waals surface area (Å²) < 4.78 is 2.98. The van der Waals surface area contributed by atoms with Crippen LogP contribution in [0.25, 0.3) is 5.78 Å². The normalized spacial score (nSPS) is 25.3. The van der Waals surface area contributed by atoms with Crippen LogP contribution in [0.3, 0.4) is 0 Å². The number of nitrogens with two attached hydrogens (primary N) is 1. The lowest BCUT2D eigenvalue weighted by Crippen LogP contribution is -2.67. The van der Waals surface area contributed by atoms with Crippen LogP contribution in [-0.4, -0.2) is 76.1 Å². The molecule has 3 N–H and O–H groups in total. The van der Waals surface area contributed by atoms with Crippen molar-refractivity contribution in [3.05, 3.63) is 40.1 Å². The van der Waals surface area contributed by atoms with Crippen LogP contribution in [0.5, 0.6) is 5.75 Å². The van der Waals surface area contributed by atoms with E-state index in [4.69, 9.17) is 5.73 Å². The van der Waals surface area contributed by atoms with Crippen molar-refractivity contribution < 1.29 is 14.7 Å². The van der Waals surface area contributed by atoms with Gasteiger partial charge in [-0.15, -0.1) is 0 Å². The van der Waals surface area contributed by atoms with Crippen molar-refractivity contribution in [1.29, 1.82) is 0 Å². The number of aromatic hydroxyl groups is 1. The monoisotopic (exact) mass is 479 g/mol. The first-order valence-corrected chi connectivity index (χ1v) is 11.6. The average Bonchev–Trinajstić information content (AvgIpc) is 3.41. The first kappa shape index (κ1) is 21.5. The van der Waals surface area contributed by atoms with E-state index in [2.05, 4.69) is 25.0 Å². The number of aromatic nitrogens is 6. The Morgan fingerprint density at radius 3 is 2.60 bits per heavy atom. The largest absolute Gasteiger partial charge is 0.504 e. The second kappa shape index (κ2) is 7.48. The maximum absolute atomic E-state index is 13.6. The molecular weight excluding hydrogens is 454 g/mol. The summed E-state index contributed by atoms with van der Waals surface area (Å²) in [7, 11) is 0. The smallest absolute Gasteiger partial charge is 0.299 e. The molecule has 1 aliphatic carbocycles. The highest BCUT2D eigenvalue weighted by molar-refractivity contribution is 5.95. The van der Waals surface area contributed by atoms with E-state index >= 15 is 0 Å². The maximum atomic E-state index is 13.6. The Labute approximate surface area is 199 Å². The second-order valence-electron chi connectivity index (χ2n) is 9.50. The zero-order chi connectivity index (χ0) is 24.6. The molecule has 5 heterocycles. The summed E-state index contributed by atoms with van der Waals surface area (Å²) in [5, 5.41) is 14.5. The molecule has 2 fully saturated rings. The highest BCUT2D eigenvalue weighted by atomic mass is 16.3. The van der Waals surface area contributed by atoms with Crippen molar-refractivity contribution in [2.24, 2.45) is 5.73 Å². The number of piperazine rings is 1. The van der Waals surface area contributed by atoms with Gasteiger partial charge in [0.15, 0.2) is 11.4 Å². The summed E-state index contributed by atoms with van der Waals surface area (Å²) in [4.78, 5) is 55.1. The number of primary amides is 1. The number of hydrogen-bond donors (Lipinski definition) is 2. The third-order valence-corrected chi connectivity index (χ3v) is 7.67. The quantitative estimate of drug-likeness (QED) is 0.514. The van der Waals surface area contributed by atoms with Gasteiger partial charge >= 0.3 is 0 Å². The number of nitrogens with zero attached hydrogens (tertiary/aromatic N) is 8. The van der Waals surface area contributed by atoms with E-state index < -0.39 is 11.9 Å². The lowest BCUT2D eigenvalue weighted by molar-refractivity contribution is -0.120. The maximum Gasteiger partial charge on any atom is 0.299 e. The molecule has 3 aromatic rings. The Hall–Kier alpha value is -4.03. The fourth-order valence-corrected chi connectivity index (χ4v) is 5.85. The summed E-state index contributed by atoms with van der Waals surface area (Å²) >= 11 is 0. The standard InChI is InChI=1S/C22H25N9O4/c1-10-7-14(19(23)33)30-16(10)17(21(35)31-22(30)26-9-27-31)28-5-6-29(13-4-3-12(13)28)20(34)15-18(32)11(2)24-8-25-15/h8-10,12-14,32H,3-7H2,1-2H3,(H2,23,33)/t10?,12-,13-,14?/m0/s1. The topological polar surface area (TPSA) is 165 Å². The van der Waals surface area contributed by atoms with Gasteiger partial charge < -0.3 is 20.6 Å². The van der Waals surface area contributed by atoms with Crippen molar-refractivity contribution in [1.82, 2.24) is 34.0 Å². The van der Waals surface area contributed by atoms with E-state index in [1.165, 1.54) is 17.2 Å². The summed E-state index contributed by atoms with van der Waals surface area (Å²) in [5.74, 6) is -0.827. The summed E-state index contributed by atoms with van der Waals surface area (Å²) in [6.07, 6.45) is 4.61. The molecule has 1 saturated carbocycles. The highest BCUT2D eigenvalue weighted by Gasteiger charge is 2.48. The Kier molecular flexibility index (Phi) is 4.60. The number of carbonyl (C=O) groups is 2. The van der Waals surface area contributed by atoms with E-state index in [9.17, 15) is 19.5 Å². The summed E-state index contributed by atoms with van der Waals surface area (Å²) in [6.45, 7) is 4.36. The van der Waals surface area contributed by atoms with Crippen LogP contribution in [0.2, 0.25) is 0 Å². The number of amides is 2. The number of carbonyl (C=O) groups excluding carboxylic acids is 2. The lowest BCUT2D eigenvalue weighted by Gasteiger charge is -2.54. The molecule has 0 bridgehead atoms. The fourth-order valence-electron chi connectivity index (χ4n) is 5.85. The van der Waals surface area contributed by atoms with Crippen molar-refractivity contribution in [2.45, 2.75) is 57.2 Å². The molecule has 3 aromatic heterocycles. The minimum absolute atomic E-state index is 0.0143. The first-order chi connectivity index (χ1) is 16.8. The first-order valence-electron chi connectivity index (χ1n) is 11.6. The molecule has 13 nitrogen and oxygen atoms in total. The molecular formula is C22H25N9O4. The van der Waals surface area contributed by atoms with Crippen molar-refractivity contribution in [3.8, 4) is 5.75 Å².